The Morgan fingerprint density at radius 2 is 1.81 bits per heavy atom. The van der Waals surface area contributed by atoms with E-state index >= 15 is 0 Å². The average molecular weight is 294 g/mol. The molecule has 0 fully saturated rings. The van der Waals surface area contributed by atoms with E-state index < -0.39 is 16.8 Å². The van der Waals surface area contributed by atoms with Crippen LogP contribution in [0.4, 0.5) is 0 Å². The molecule has 0 bridgehead atoms. The summed E-state index contributed by atoms with van der Waals surface area (Å²) in [5.74, 6) is 0. The maximum atomic E-state index is 9.55. The lowest BCUT2D eigenvalue weighted by molar-refractivity contribution is 0.405. The molecule has 0 saturated heterocycles. The zero-order chi connectivity index (χ0) is 12.4. The maximum Gasteiger partial charge on any atom is 0.314 e. The number of aryl methyl sites for hydroxylation is 1. The van der Waals surface area contributed by atoms with E-state index in [-0.39, 0.29) is 8.55 Å². The van der Waals surface area contributed by atoms with Crippen molar-refractivity contribution in [1.29, 1.82) is 0 Å². The van der Waals surface area contributed by atoms with Gasteiger partial charge in [0.1, 0.15) is 8.56 Å². The molecule has 1 aromatic carbocycles. The van der Waals surface area contributed by atoms with Gasteiger partial charge >= 0.3 is 8.25 Å². The molecule has 1 aromatic rings. The summed E-state index contributed by atoms with van der Waals surface area (Å²) in [5.41, 5.74) is 1.38. The third kappa shape index (κ3) is 10.5. The molecule has 0 aliphatic heterocycles. The second kappa shape index (κ2) is 10.2. The molecule has 4 nitrogen and oxygen atoms in total. The van der Waals surface area contributed by atoms with Crippen LogP contribution in [0.2, 0.25) is 6.04 Å². The monoisotopic (exact) mass is 294 g/mol. The Hall–Kier alpha value is -0.0194. The minimum absolute atomic E-state index is 0.0558. The predicted molar refractivity (Wildman–Crippen MR) is 76.2 cm³/mol. The highest BCUT2D eigenvalue weighted by Crippen LogP contribution is 2.03. The van der Waals surface area contributed by atoms with E-state index in [9.17, 15) is 4.80 Å². The molecule has 0 amide bonds. The topological polar surface area (TPSA) is 77.8 Å². The van der Waals surface area contributed by atoms with Crippen LogP contribution < -0.4 is 0 Å². The van der Waals surface area contributed by atoms with Crippen molar-refractivity contribution in [3.63, 3.8) is 0 Å². The summed E-state index contributed by atoms with van der Waals surface area (Å²) in [6.07, 6.45) is 1.10. The van der Waals surface area contributed by atoms with Gasteiger partial charge < -0.3 is 14.6 Å². The SMILES string of the molecule is O=[PH](O)O.O[SiH](CCc1ccccc1)[SiH2][SiH3]. The minimum atomic E-state index is -3.13. The van der Waals surface area contributed by atoms with Gasteiger partial charge in [0, 0.05) is 8.55 Å². The van der Waals surface area contributed by atoms with Crippen LogP contribution in [-0.2, 0) is 11.0 Å². The molecular weight excluding hydrogens is 275 g/mol. The van der Waals surface area contributed by atoms with Gasteiger partial charge in [0.15, 0.2) is 0 Å². The Labute approximate surface area is 103 Å². The van der Waals surface area contributed by atoms with Crippen molar-refractivity contribution in [2.45, 2.75) is 12.5 Å². The van der Waals surface area contributed by atoms with Crippen LogP contribution in [0.25, 0.3) is 0 Å². The first-order valence-corrected chi connectivity index (χ1v) is 16.8. The van der Waals surface area contributed by atoms with Gasteiger partial charge in [-0.05, 0) is 27.8 Å². The first-order valence-electron chi connectivity index (χ1n) is 5.20. The molecule has 0 aliphatic carbocycles. The van der Waals surface area contributed by atoms with Crippen molar-refractivity contribution >= 4 is 35.1 Å². The Balaban J connectivity index is 0.000000487. The Morgan fingerprint density at radius 1 is 1.31 bits per heavy atom. The number of rotatable bonds is 4. The van der Waals surface area contributed by atoms with Crippen molar-refractivity contribution in [1.82, 2.24) is 0 Å². The summed E-state index contributed by atoms with van der Waals surface area (Å²) in [6.45, 7) is 0. The van der Waals surface area contributed by atoms with Crippen molar-refractivity contribution < 1.29 is 19.1 Å². The lowest BCUT2D eigenvalue weighted by atomic mass is 10.2. The summed E-state index contributed by atoms with van der Waals surface area (Å²) < 4.78 is 8.74. The van der Waals surface area contributed by atoms with E-state index in [0.717, 1.165) is 12.5 Å². The zero-order valence-electron chi connectivity index (χ0n) is 9.34. The second-order valence-electron chi connectivity index (χ2n) is 3.37. The molecule has 0 aromatic heterocycles. The van der Waals surface area contributed by atoms with Gasteiger partial charge in [0.05, 0.1) is 0 Å². The first-order chi connectivity index (χ1) is 7.56. The smallest absolute Gasteiger partial charge is 0.314 e. The lowest BCUT2D eigenvalue weighted by Gasteiger charge is -2.04. The highest BCUT2D eigenvalue weighted by Gasteiger charge is 2.03. The summed E-state index contributed by atoms with van der Waals surface area (Å²) in [6, 6.07) is 11.6. The number of benzene rings is 1. The van der Waals surface area contributed by atoms with Crippen LogP contribution in [0.5, 0.6) is 0 Å². The molecule has 0 heterocycles. The number of hydrogen-bond acceptors (Lipinski definition) is 2. The minimum Gasteiger partial charge on any atom is -0.439 e. The zero-order valence-corrected chi connectivity index (χ0v) is 14.9. The summed E-state index contributed by atoms with van der Waals surface area (Å²) >= 11 is 0. The van der Waals surface area contributed by atoms with Gasteiger partial charge in [-0.3, -0.25) is 4.57 Å². The van der Waals surface area contributed by atoms with Crippen LogP contribution in [0.15, 0.2) is 30.3 Å². The molecule has 1 rings (SSSR count). The molecule has 3 N–H and O–H groups in total. The van der Waals surface area contributed by atoms with Crippen LogP contribution in [0.3, 0.4) is 0 Å². The van der Waals surface area contributed by atoms with E-state index in [2.05, 4.69) is 24.3 Å². The van der Waals surface area contributed by atoms with E-state index in [4.69, 9.17) is 14.4 Å². The quantitative estimate of drug-likeness (QED) is 0.455. The first kappa shape index (κ1) is 16.0. The largest absolute Gasteiger partial charge is 0.439 e. The van der Waals surface area contributed by atoms with Crippen LogP contribution >= 0.6 is 8.25 Å². The summed E-state index contributed by atoms with van der Waals surface area (Å²) in [7, 11) is -2.92. The molecule has 0 radical (unpaired) electrons. The fraction of sp³-hybridized carbons (Fsp3) is 0.250. The van der Waals surface area contributed by atoms with E-state index in [1.807, 2.05) is 6.07 Å². The van der Waals surface area contributed by atoms with Crippen molar-refractivity contribution in [2.24, 2.45) is 0 Å². The van der Waals surface area contributed by atoms with Crippen molar-refractivity contribution in [3.05, 3.63) is 35.9 Å². The van der Waals surface area contributed by atoms with Crippen LogP contribution in [0.1, 0.15) is 5.56 Å². The molecular formula is C8H19O4PSi3. The van der Waals surface area contributed by atoms with E-state index in [1.54, 1.807) is 0 Å². The second-order valence-corrected chi connectivity index (χ2v) is 19.3. The maximum absolute atomic E-state index is 9.55. The predicted octanol–water partition coefficient (Wildman–Crippen LogP) is -1.75. The molecule has 16 heavy (non-hydrogen) atoms. The van der Waals surface area contributed by atoms with Crippen molar-refractivity contribution in [3.8, 4) is 0 Å². The van der Waals surface area contributed by atoms with E-state index in [0.29, 0.717) is 0 Å². The Bertz CT molecular complexity index is 295. The molecule has 0 spiro atoms. The van der Waals surface area contributed by atoms with Crippen molar-refractivity contribution in [2.75, 3.05) is 0 Å². The van der Waals surface area contributed by atoms with Crippen LogP contribution in [0, 0.1) is 0 Å². The third-order valence-electron chi connectivity index (χ3n) is 2.08. The normalized spacial score (nSPS) is 12.8. The highest BCUT2D eigenvalue weighted by atomic mass is 31.1. The lowest BCUT2D eigenvalue weighted by Crippen LogP contribution is -2.22. The standard InChI is InChI=1S/C8H16OSi3.H3O3P/c9-12(11-10)7-6-8-4-2-1-3-5-8;1-4(2)3/h1-5,9,12H,6-7,11H2,10H3;4H,(H2,1,2,3). The molecule has 1 atom stereocenters. The molecule has 1 unspecified atom stereocenters. The summed E-state index contributed by atoms with van der Waals surface area (Å²) in [5, 5.41) is 0. The molecule has 92 valence electrons. The van der Waals surface area contributed by atoms with E-state index in [1.165, 1.54) is 15.3 Å². The van der Waals surface area contributed by atoms with Gasteiger partial charge in [-0.15, -0.1) is 0 Å². The van der Waals surface area contributed by atoms with Gasteiger partial charge in [0.25, 0.3) is 0 Å². The van der Waals surface area contributed by atoms with Gasteiger partial charge in [-0.25, -0.2) is 0 Å². The average Bonchev–Trinajstić information content (AvgIpc) is 2.26. The fourth-order valence-corrected chi connectivity index (χ4v) is 7.77. The highest BCUT2D eigenvalue weighted by molar-refractivity contribution is 7.30. The van der Waals surface area contributed by atoms with Crippen LogP contribution in [-0.4, -0.2) is 41.5 Å². The van der Waals surface area contributed by atoms with Gasteiger partial charge in [-0.2, -0.15) is 0 Å². The summed E-state index contributed by atoms with van der Waals surface area (Å²) in [4.78, 5) is 23.9. The van der Waals surface area contributed by atoms with Gasteiger partial charge in [-0.1, -0.05) is 30.3 Å². The molecule has 0 aliphatic rings. The fourth-order valence-electron chi connectivity index (χ4n) is 1.18. The van der Waals surface area contributed by atoms with Gasteiger partial charge in [0.2, 0.25) is 0 Å². The Morgan fingerprint density at radius 3 is 2.25 bits per heavy atom. The molecule has 8 heteroatoms. The Kier molecular flexibility index (Phi) is 10.1. The number of hydrogen-bond donors (Lipinski definition) is 3. The molecule has 0 saturated carbocycles. The third-order valence-corrected chi connectivity index (χ3v) is 16.5.